The highest BCUT2D eigenvalue weighted by molar-refractivity contribution is 6.29. The standard InChI is InChI=1S/C48H65N7O7Si/c1-10-54-39-19-18-33-23-36(39)37(42(54)35-16-12-20-49-40(35)30(4)60-8)25-47(5,6)28-62-44(57)38-17-13-21-55(51-38)45(58)48(63,24-31-14-11-15-32(33)22-31)50-43(56)41(29(2)3)52(7)46(59)53-26-34(27-53)61-9/h11-12,14-16,18-20,22-23,29-30,34,38,41,51H,10,13,17,21,24-28H2,1-9,63H3,(H,50,56)/t30-,38-,41-,48+/m0/s1. The van der Waals surface area contributed by atoms with Gasteiger partial charge < -0.3 is 33.9 Å². The number of pyridine rings is 1. The number of carbonyl (C=O) groups excluding carboxylic acids is 4. The molecule has 3 aliphatic rings. The molecule has 7 rings (SSSR count). The van der Waals surface area contributed by atoms with E-state index < -0.39 is 34.5 Å². The zero-order valence-electron chi connectivity index (χ0n) is 38.6. The number of likely N-dealkylation sites (tertiary alicyclic amines) is 1. The molecule has 2 fully saturated rings. The molecule has 2 aromatic heterocycles. The molecule has 6 bridgehead atoms. The van der Waals surface area contributed by atoms with Gasteiger partial charge in [-0.05, 0) is 85.5 Å². The number of hydrogen-bond donors (Lipinski definition) is 2. The molecule has 2 aromatic carbocycles. The number of methoxy groups -OCH3 is 2. The Hall–Kier alpha value is -5.09. The highest BCUT2D eigenvalue weighted by atomic mass is 28.1. The van der Waals surface area contributed by atoms with Gasteiger partial charge in [0.05, 0.1) is 43.3 Å². The second-order valence-corrected chi connectivity index (χ2v) is 20.6. The first-order valence-corrected chi connectivity index (χ1v) is 23.3. The van der Waals surface area contributed by atoms with E-state index in [0.717, 1.165) is 50.1 Å². The molecule has 5 heterocycles. The minimum absolute atomic E-state index is 0.0345. The van der Waals surface area contributed by atoms with E-state index in [2.05, 4.69) is 72.5 Å². The van der Waals surface area contributed by atoms with Crippen molar-refractivity contribution in [3.8, 4) is 22.4 Å². The van der Waals surface area contributed by atoms with Crippen molar-refractivity contribution in [1.29, 1.82) is 0 Å². The number of amides is 4. The van der Waals surface area contributed by atoms with Crippen molar-refractivity contribution in [2.45, 2.75) is 103 Å². The maximum absolute atomic E-state index is 15.0. The third-order valence-electron chi connectivity index (χ3n) is 13.1. The first kappa shape index (κ1) is 45.9. The van der Waals surface area contributed by atoms with Crippen LogP contribution in [-0.2, 0) is 48.0 Å². The summed E-state index contributed by atoms with van der Waals surface area (Å²) in [4.78, 5) is 65.0. The molecular weight excluding hydrogens is 815 g/mol. The molecule has 0 radical (unpaired) electrons. The van der Waals surface area contributed by atoms with Crippen LogP contribution >= 0.6 is 0 Å². The van der Waals surface area contributed by atoms with Crippen molar-refractivity contribution in [3.05, 3.63) is 77.6 Å². The number of ether oxygens (including phenoxy) is 3. The van der Waals surface area contributed by atoms with E-state index in [-0.39, 0.29) is 53.3 Å². The van der Waals surface area contributed by atoms with E-state index in [0.29, 0.717) is 45.4 Å². The van der Waals surface area contributed by atoms with Crippen LogP contribution in [0, 0.1) is 11.3 Å². The van der Waals surface area contributed by atoms with Crippen molar-refractivity contribution in [3.63, 3.8) is 0 Å². The van der Waals surface area contributed by atoms with Crippen LogP contribution in [0.25, 0.3) is 33.3 Å². The van der Waals surface area contributed by atoms with Gasteiger partial charge in [0, 0.05) is 79.1 Å². The summed E-state index contributed by atoms with van der Waals surface area (Å²) in [6, 6.07) is 16.9. The summed E-state index contributed by atoms with van der Waals surface area (Å²) in [5, 5.41) is 4.44. The normalized spacial score (nSPS) is 21.7. The lowest BCUT2D eigenvalue weighted by molar-refractivity contribution is -0.156. The highest BCUT2D eigenvalue weighted by Gasteiger charge is 2.45. The third kappa shape index (κ3) is 9.29. The second-order valence-electron chi connectivity index (χ2n) is 18.9. The van der Waals surface area contributed by atoms with Crippen molar-refractivity contribution >= 4 is 45.0 Å². The van der Waals surface area contributed by atoms with Crippen LogP contribution in [-0.4, -0.2) is 129 Å². The number of aromatic nitrogens is 2. The average molecular weight is 880 g/mol. The summed E-state index contributed by atoms with van der Waals surface area (Å²) in [6.45, 7) is 14.3. The molecule has 0 saturated carbocycles. The lowest BCUT2D eigenvalue weighted by Gasteiger charge is -2.43. The number of esters is 1. The second kappa shape index (κ2) is 18.6. The lowest BCUT2D eigenvalue weighted by Crippen LogP contribution is -2.69. The predicted molar refractivity (Wildman–Crippen MR) is 247 cm³/mol. The number of hydrogen-bond acceptors (Lipinski definition) is 9. The minimum Gasteiger partial charge on any atom is -0.464 e. The molecule has 338 valence electrons. The number of nitrogens with one attached hydrogen (secondary N) is 2. The van der Waals surface area contributed by atoms with Gasteiger partial charge in [0.25, 0.3) is 5.91 Å². The van der Waals surface area contributed by atoms with Gasteiger partial charge in [-0.25, -0.2) is 10.2 Å². The maximum Gasteiger partial charge on any atom is 0.324 e. The van der Waals surface area contributed by atoms with E-state index in [4.69, 9.17) is 19.2 Å². The molecule has 15 heteroatoms. The van der Waals surface area contributed by atoms with Crippen LogP contribution in [0.3, 0.4) is 0 Å². The SMILES string of the molecule is CCn1c(-c2cccnc2[C@H](C)OC)c2c3cc(ccc31)-c1cccc(c1)C[C@]([SiH3])(NC(=O)[C@H](C(C)C)N(C)C(=O)N1CC(OC)C1)C(=O)N1CCC[C@H](N1)C(=O)OCC(C)(C)C2. The van der Waals surface area contributed by atoms with Crippen LogP contribution in [0.1, 0.15) is 77.3 Å². The van der Waals surface area contributed by atoms with Crippen LogP contribution in [0.2, 0.25) is 0 Å². The summed E-state index contributed by atoms with van der Waals surface area (Å²) >= 11 is 0. The van der Waals surface area contributed by atoms with Gasteiger partial charge >= 0.3 is 12.0 Å². The number of rotatable bonds is 9. The number of benzene rings is 2. The van der Waals surface area contributed by atoms with Crippen molar-refractivity contribution in [2.24, 2.45) is 11.3 Å². The Balaban J connectivity index is 1.33. The van der Waals surface area contributed by atoms with Gasteiger partial charge in [-0.2, -0.15) is 0 Å². The quantitative estimate of drug-likeness (QED) is 0.178. The van der Waals surface area contributed by atoms with Gasteiger partial charge in [-0.3, -0.25) is 24.4 Å². The number of carbonyl (C=O) groups is 4. The fourth-order valence-corrected chi connectivity index (χ4v) is 10.5. The fourth-order valence-electron chi connectivity index (χ4n) is 9.57. The lowest BCUT2D eigenvalue weighted by atomic mass is 9.84. The molecule has 0 aliphatic carbocycles. The number of hydrazine groups is 1. The monoisotopic (exact) mass is 879 g/mol. The molecule has 4 aromatic rings. The minimum atomic E-state index is -1.35. The average Bonchev–Trinajstić information content (AvgIpc) is 3.55. The van der Waals surface area contributed by atoms with Gasteiger partial charge in [0.15, 0.2) is 0 Å². The van der Waals surface area contributed by atoms with Crippen LogP contribution in [0.4, 0.5) is 4.79 Å². The summed E-state index contributed by atoms with van der Waals surface area (Å²) in [5.74, 6) is -1.42. The van der Waals surface area contributed by atoms with Crippen molar-refractivity contribution in [1.82, 2.24) is 35.1 Å². The number of aryl methyl sites for hydroxylation is 1. The zero-order valence-corrected chi connectivity index (χ0v) is 40.6. The number of fused-ring (bicyclic) bond motifs is 6. The molecule has 14 nitrogen and oxygen atoms in total. The topological polar surface area (TPSA) is 148 Å². The number of nitrogens with zero attached hydrogens (tertiary/aromatic N) is 5. The summed E-state index contributed by atoms with van der Waals surface area (Å²) in [7, 11) is 5.18. The molecule has 3 aliphatic heterocycles. The molecule has 0 unspecified atom stereocenters. The molecule has 4 amide bonds. The Morgan fingerprint density at radius 3 is 2.49 bits per heavy atom. The molecule has 4 atom stereocenters. The van der Waals surface area contributed by atoms with E-state index >= 15 is 0 Å². The number of cyclic esters (lactones) is 1. The summed E-state index contributed by atoms with van der Waals surface area (Å²) < 4.78 is 19.7. The van der Waals surface area contributed by atoms with E-state index in [1.165, 1.54) is 9.91 Å². The zero-order chi connectivity index (χ0) is 45.4. The Labute approximate surface area is 374 Å². The Morgan fingerprint density at radius 2 is 1.79 bits per heavy atom. The van der Waals surface area contributed by atoms with Crippen LogP contribution < -0.4 is 10.7 Å². The Morgan fingerprint density at radius 1 is 1.05 bits per heavy atom. The first-order valence-electron chi connectivity index (χ1n) is 22.3. The summed E-state index contributed by atoms with van der Waals surface area (Å²) in [6.07, 6.45) is 3.39. The molecule has 2 saturated heterocycles. The van der Waals surface area contributed by atoms with Gasteiger partial charge in [0.2, 0.25) is 5.91 Å². The van der Waals surface area contributed by atoms with Gasteiger partial charge in [-0.1, -0.05) is 58.0 Å². The maximum atomic E-state index is 15.0. The third-order valence-corrected chi connectivity index (χ3v) is 14.1. The van der Waals surface area contributed by atoms with Gasteiger partial charge in [0.1, 0.15) is 17.2 Å². The van der Waals surface area contributed by atoms with Crippen molar-refractivity contribution < 1.29 is 33.4 Å². The largest absolute Gasteiger partial charge is 0.464 e. The highest BCUT2D eigenvalue weighted by Crippen LogP contribution is 2.42. The van der Waals surface area contributed by atoms with E-state index in [1.54, 1.807) is 32.4 Å². The van der Waals surface area contributed by atoms with E-state index in [9.17, 15) is 19.2 Å². The molecule has 0 spiro atoms. The van der Waals surface area contributed by atoms with Crippen LogP contribution in [0.5, 0.6) is 0 Å². The Kier molecular flexibility index (Phi) is 13.5. The smallest absolute Gasteiger partial charge is 0.324 e. The molecule has 63 heavy (non-hydrogen) atoms. The van der Waals surface area contributed by atoms with Gasteiger partial charge in [-0.15, -0.1) is 0 Å². The van der Waals surface area contributed by atoms with Crippen LogP contribution in [0.15, 0.2) is 60.8 Å². The summed E-state index contributed by atoms with van der Waals surface area (Å²) in [5.41, 5.74) is 10.7. The number of urea groups is 1. The molecular formula is C48H65N7O7Si. The first-order chi connectivity index (χ1) is 30.0. The Bertz CT molecular complexity index is 2360. The molecule has 2 N–H and O–H groups in total. The van der Waals surface area contributed by atoms with Crippen molar-refractivity contribution in [2.75, 3.05) is 47.5 Å². The number of likely N-dealkylation sites (N-methyl/N-ethyl adjacent to an activating group) is 1. The fraction of sp³-hybridized carbons (Fsp3) is 0.521. The predicted octanol–water partition coefficient (Wildman–Crippen LogP) is 4.85. The van der Waals surface area contributed by atoms with E-state index in [1.807, 2.05) is 39.0 Å².